The zero-order chi connectivity index (χ0) is 19.2. The van der Waals surface area contributed by atoms with Gasteiger partial charge in [0.15, 0.2) is 22.4 Å². The Kier molecular flexibility index (Phi) is 5.72. The van der Waals surface area contributed by atoms with E-state index in [0.29, 0.717) is 16.5 Å². The number of rotatable bonds is 6. The van der Waals surface area contributed by atoms with Crippen molar-refractivity contribution in [1.82, 2.24) is 9.97 Å². The van der Waals surface area contributed by atoms with Crippen molar-refractivity contribution in [3.63, 3.8) is 0 Å². The molecule has 8 nitrogen and oxygen atoms in total. The van der Waals surface area contributed by atoms with Crippen LogP contribution in [-0.4, -0.2) is 27.5 Å². The molecule has 0 unspecified atom stereocenters. The first-order valence-corrected chi connectivity index (χ1v) is 9.05. The van der Waals surface area contributed by atoms with Crippen LogP contribution in [0.5, 0.6) is 0 Å². The molecule has 2 aromatic heterocycles. The van der Waals surface area contributed by atoms with E-state index in [4.69, 9.17) is 4.42 Å². The van der Waals surface area contributed by atoms with Gasteiger partial charge in [-0.05, 0) is 30.0 Å². The normalized spacial score (nSPS) is 10.4. The molecular formula is C18H16N4O4S. The summed E-state index contributed by atoms with van der Waals surface area (Å²) in [7, 11) is 0. The van der Waals surface area contributed by atoms with Gasteiger partial charge < -0.3 is 15.1 Å². The third-order valence-corrected chi connectivity index (χ3v) is 4.19. The van der Waals surface area contributed by atoms with E-state index in [0.717, 1.165) is 0 Å². The number of nitrogens with one attached hydrogen (secondary N) is 3. The van der Waals surface area contributed by atoms with E-state index in [1.165, 1.54) is 24.1 Å². The summed E-state index contributed by atoms with van der Waals surface area (Å²) in [4.78, 5) is 44.0. The number of hydrogen-bond acceptors (Lipinski definition) is 6. The molecule has 3 aromatic rings. The Balaban J connectivity index is 1.94. The van der Waals surface area contributed by atoms with E-state index >= 15 is 0 Å². The lowest BCUT2D eigenvalue weighted by Crippen LogP contribution is -2.25. The zero-order valence-corrected chi connectivity index (χ0v) is 15.1. The summed E-state index contributed by atoms with van der Waals surface area (Å²) in [6.45, 7) is 1.90. The van der Waals surface area contributed by atoms with Crippen molar-refractivity contribution in [2.45, 2.75) is 12.1 Å². The lowest BCUT2D eigenvalue weighted by molar-refractivity contribution is 0.0992. The number of amides is 2. The van der Waals surface area contributed by atoms with Crippen LogP contribution in [0.3, 0.4) is 0 Å². The van der Waals surface area contributed by atoms with Crippen LogP contribution in [0, 0.1) is 0 Å². The molecule has 0 atom stereocenters. The van der Waals surface area contributed by atoms with Crippen molar-refractivity contribution in [2.75, 3.05) is 16.4 Å². The van der Waals surface area contributed by atoms with Gasteiger partial charge in [0, 0.05) is 5.56 Å². The average Bonchev–Trinajstić information content (AvgIpc) is 3.20. The molecule has 0 aliphatic heterocycles. The molecule has 0 bridgehead atoms. The predicted molar refractivity (Wildman–Crippen MR) is 102 cm³/mol. The molecule has 0 saturated carbocycles. The number of H-pyrrole nitrogens is 1. The van der Waals surface area contributed by atoms with Gasteiger partial charge in [-0.1, -0.05) is 36.9 Å². The van der Waals surface area contributed by atoms with Gasteiger partial charge >= 0.3 is 0 Å². The zero-order valence-electron chi connectivity index (χ0n) is 14.3. The fourth-order valence-electron chi connectivity index (χ4n) is 2.22. The Morgan fingerprint density at radius 2 is 1.89 bits per heavy atom. The summed E-state index contributed by atoms with van der Waals surface area (Å²) in [5, 5.41) is 5.36. The topological polar surface area (TPSA) is 117 Å². The summed E-state index contributed by atoms with van der Waals surface area (Å²) in [5.41, 5.74) is -0.351. The van der Waals surface area contributed by atoms with Crippen LogP contribution in [0.25, 0.3) is 0 Å². The van der Waals surface area contributed by atoms with Gasteiger partial charge in [-0.25, -0.2) is 4.98 Å². The van der Waals surface area contributed by atoms with Crippen molar-refractivity contribution in [2.24, 2.45) is 0 Å². The average molecular weight is 384 g/mol. The molecule has 0 fully saturated rings. The number of carbonyl (C=O) groups is 2. The molecule has 27 heavy (non-hydrogen) atoms. The SMILES string of the molecule is CCSc1nc(NC(=O)c2ccco2)c(NC(=O)c2ccccc2)c(=O)[nH]1. The molecule has 0 radical (unpaired) electrons. The maximum atomic E-state index is 12.5. The number of hydrogen-bond donors (Lipinski definition) is 3. The van der Waals surface area contributed by atoms with Crippen LogP contribution in [0.4, 0.5) is 11.5 Å². The summed E-state index contributed by atoms with van der Waals surface area (Å²) in [6.07, 6.45) is 1.36. The maximum absolute atomic E-state index is 12.5. The van der Waals surface area contributed by atoms with Gasteiger partial charge in [-0.15, -0.1) is 0 Å². The van der Waals surface area contributed by atoms with Crippen molar-refractivity contribution >= 4 is 35.1 Å². The molecule has 0 aliphatic carbocycles. The maximum Gasteiger partial charge on any atom is 0.292 e. The van der Waals surface area contributed by atoms with Gasteiger partial charge in [0.05, 0.1) is 6.26 Å². The quantitative estimate of drug-likeness (QED) is 0.444. The number of thioether (sulfide) groups is 1. The molecule has 2 amide bonds. The summed E-state index contributed by atoms with van der Waals surface area (Å²) in [5.74, 6) is -0.403. The number of carbonyl (C=O) groups excluding carboxylic acids is 2. The Morgan fingerprint density at radius 1 is 1.11 bits per heavy atom. The van der Waals surface area contributed by atoms with E-state index in [-0.39, 0.29) is 17.3 Å². The highest BCUT2D eigenvalue weighted by atomic mass is 32.2. The highest BCUT2D eigenvalue weighted by Gasteiger charge is 2.19. The minimum absolute atomic E-state index is 0.0552. The number of aromatic amines is 1. The Hall–Kier alpha value is -3.33. The van der Waals surface area contributed by atoms with Crippen molar-refractivity contribution in [3.05, 3.63) is 70.4 Å². The summed E-state index contributed by atoms with van der Waals surface area (Å²) in [6, 6.07) is 11.5. The van der Waals surface area contributed by atoms with Crippen LogP contribution in [0.1, 0.15) is 27.8 Å². The second-order valence-corrected chi connectivity index (χ2v) is 6.53. The highest BCUT2D eigenvalue weighted by molar-refractivity contribution is 7.99. The fraction of sp³-hybridized carbons (Fsp3) is 0.111. The lowest BCUT2D eigenvalue weighted by atomic mass is 10.2. The first-order valence-electron chi connectivity index (χ1n) is 8.07. The van der Waals surface area contributed by atoms with Crippen LogP contribution in [0.15, 0.2) is 63.1 Å². The predicted octanol–water partition coefficient (Wildman–Crippen LogP) is 2.98. The van der Waals surface area contributed by atoms with Gasteiger partial charge in [-0.3, -0.25) is 19.4 Å². The second kappa shape index (κ2) is 8.37. The van der Waals surface area contributed by atoms with Crippen molar-refractivity contribution in [3.8, 4) is 0 Å². The van der Waals surface area contributed by atoms with Crippen LogP contribution < -0.4 is 16.2 Å². The fourth-order valence-corrected chi connectivity index (χ4v) is 2.81. The van der Waals surface area contributed by atoms with E-state index < -0.39 is 17.4 Å². The largest absolute Gasteiger partial charge is 0.459 e. The molecule has 3 rings (SSSR count). The van der Waals surface area contributed by atoms with Gasteiger partial charge in [-0.2, -0.15) is 0 Å². The van der Waals surface area contributed by atoms with Crippen molar-refractivity contribution in [1.29, 1.82) is 0 Å². The first-order chi connectivity index (χ1) is 13.1. The van der Waals surface area contributed by atoms with Crippen molar-refractivity contribution < 1.29 is 14.0 Å². The minimum atomic E-state index is -0.583. The highest BCUT2D eigenvalue weighted by Crippen LogP contribution is 2.20. The molecule has 0 aliphatic rings. The molecule has 138 valence electrons. The van der Waals surface area contributed by atoms with Crippen LogP contribution in [0.2, 0.25) is 0 Å². The Labute approximate surface area is 158 Å². The smallest absolute Gasteiger partial charge is 0.292 e. The number of benzene rings is 1. The molecule has 3 N–H and O–H groups in total. The lowest BCUT2D eigenvalue weighted by Gasteiger charge is -2.11. The van der Waals surface area contributed by atoms with E-state index in [1.54, 1.807) is 36.4 Å². The van der Waals surface area contributed by atoms with Crippen LogP contribution in [-0.2, 0) is 0 Å². The minimum Gasteiger partial charge on any atom is -0.459 e. The van der Waals surface area contributed by atoms with Gasteiger partial charge in [0.1, 0.15) is 0 Å². The molecule has 0 spiro atoms. The number of aromatic nitrogens is 2. The summed E-state index contributed by atoms with van der Waals surface area (Å²) >= 11 is 1.30. The Morgan fingerprint density at radius 3 is 2.56 bits per heavy atom. The monoisotopic (exact) mass is 384 g/mol. The third-order valence-electron chi connectivity index (χ3n) is 3.43. The van der Waals surface area contributed by atoms with E-state index in [9.17, 15) is 14.4 Å². The third kappa shape index (κ3) is 4.45. The molecule has 2 heterocycles. The molecule has 1 aromatic carbocycles. The number of anilines is 2. The second-order valence-electron chi connectivity index (χ2n) is 5.28. The number of nitrogens with zero attached hydrogens (tertiary/aromatic N) is 1. The van der Waals surface area contributed by atoms with Gasteiger partial charge in [0.25, 0.3) is 17.4 Å². The summed E-state index contributed by atoms with van der Waals surface area (Å²) < 4.78 is 5.05. The molecule has 0 saturated heterocycles. The molecular weight excluding hydrogens is 368 g/mol. The van der Waals surface area contributed by atoms with Gasteiger partial charge in [0.2, 0.25) is 0 Å². The first kappa shape index (κ1) is 18.5. The molecule has 9 heteroatoms. The van der Waals surface area contributed by atoms with Crippen LogP contribution >= 0.6 is 11.8 Å². The van der Waals surface area contributed by atoms with E-state index in [1.807, 2.05) is 6.92 Å². The number of furan rings is 1. The standard InChI is InChI=1S/C18H16N4O4S/c1-2-27-18-21-14(20-16(24)12-9-6-10-26-12)13(17(25)22-18)19-15(23)11-7-4-3-5-8-11/h3-10H,2H2,1H3,(H,19,23)(H2,20,21,22,24,25). The Bertz CT molecular complexity index is 1000. The van der Waals surface area contributed by atoms with E-state index in [2.05, 4.69) is 20.6 Å².